The molecule has 3 aromatic heterocycles. The second kappa shape index (κ2) is 7.29. The molecule has 0 atom stereocenters. The minimum atomic E-state index is -0.192. The van der Waals surface area contributed by atoms with E-state index in [0.29, 0.717) is 28.9 Å². The normalized spacial score (nSPS) is 11.6. The molecule has 0 aliphatic rings. The Morgan fingerprint density at radius 2 is 2.00 bits per heavy atom. The first-order valence-corrected chi connectivity index (χ1v) is 8.95. The van der Waals surface area contributed by atoms with Crippen LogP contribution in [0.3, 0.4) is 0 Å². The van der Waals surface area contributed by atoms with E-state index < -0.39 is 0 Å². The Kier molecular flexibility index (Phi) is 5.08. The van der Waals surface area contributed by atoms with E-state index in [4.69, 9.17) is 0 Å². The van der Waals surface area contributed by atoms with Crippen LogP contribution in [0.2, 0.25) is 0 Å². The first-order valence-electron chi connectivity index (χ1n) is 8.95. The lowest BCUT2D eigenvalue weighted by Gasteiger charge is -2.17. The van der Waals surface area contributed by atoms with E-state index in [0.717, 1.165) is 25.2 Å². The number of likely N-dealkylation sites (N-methyl/N-ethyl adjacent to an activating group) is 1. The third kappa shape index (κ3) is 3.10. The number of nitrogens with one attached hydrogen (secondary N) is 1. The molecule has 26 heavy (non-hydrogen) atoms. The fraction of sp³-hybridized carbons (Fsp3) is 0.421. The maximum Gasteiger partial charge on any atom is 0.268 e. The van der Waals surface area contributed by atoms with Gasteiger partial charge in [-0.2, -0.15) is 0 Å². The highest BCUT2D eigenvalue weighted by molar-refractivity contribution is 5.98. The van der Waals surface area contributed by atoms with Gasteiger partial charge in [0.1, 0.15) is 17.0 Å². The van der Waals surface area contributed by atoms with Gasteiger partial charge >= 0.3 is 0 Å². The fourth-order valence-corrected chi connectivity index (χ4v) is 3.21. The minimum Gasteiger partial charge on any atom is -0.349 e. The Bertz CT molecular complexity index is 1010. The number of hydrogen-bond donors (Lipinski definition) is 1. The number of pyridine rings is 1. The molecule has 0 spiro atoms. The molecule has 0 unspecified atom stereocenters. The van der Waals surface area contributed by atoms with Crippen molar-refractivity contribution in [1.82, 2.24) is 24.2 Å². The summed E-state index contributed by atoms with van der Waals surface area (Å²) in [6.45, 7) is 9.38. The maximum atomic E-state index is 12.8. The number of aromatic nitrogens is 3. The van der Waals surface area contributed by atoms with Crippen LogP contribution in [-0.4, -0.2) is 50.9 Å². The van der Waals surface area contributed by atoms with Gasteiger partial charge in [0, 0.05) is 26.3 Å². The molecule has 0 saturated carbocycles. The van der Waals surface area contributed by atoms with Gasteiger partial charge in [0.05, 0.1) is 5.39 Å². The molecule has 3 aromatic rings. The van der Waals surface area contributed by atoms with Crippen molar-refractivity contribution < 1.29 is 4.79 Å². The number of aryl methyl sites for hydroxylation is 2. The molecule has 0 aromatic carbocycles. The zero-order valence-electron chi connectivity index (χ0n) is 15.7. The Morgan fingerprint density at radius 3 is 2.69 bits per heavy atom. The van der Waals surface area contributed by atoms with Gasteiger partial charge in [-0.15, -0.1) is 0 Å². The Labute approximate surface area is 152 Å². The molecule has 7 nitrogen and oxygen atoms in total. The van der Waals surface area contributed by atoms with E-state index in [1.807, 2.05) is 19.1 Å². The summed E-state index contributed by atoms with van der Waals surface area (Å²) < 4.78 is 3.22. The average Bonchev–Trinajstić information content (AvgIpc) is 2.97. The van der Waals surface area contributed by atoms with Gasteiger partial charge in [-0.25, -0.2) is 4.98 Å². The van der Waals surface area contributed by atoms with Crippen molar-refractivity contribution in [2.24, 2.45) is 7.05 Å². The second-order valence-corrected chi connectivity index (χ2v) is 6.41. The molecule has 0 saturated heterocycles. The van der Waals surface area contributed by atoms with Crippen LogP contribution < -0.4 is 10.9 Å². The first-order chi connectivity index (χ1) is 12.5. The Hall–Kier alpha value is -2.67. The van der Waals surface area contributed by atoms with Crippen LogP contribution in [0.25, 0.3) is 16.7 Å². The molecule has 1 amide bonds. The molecule has 0 bridgehead atoms. The van der Waals surface area contributed by atoms with Gasteiger partial charge in [-0.1, -0.05) is 19.9 Å². The summed E-state index contributed by atoms with van der Waals surface area (Å²) >= 11 is 0. The molecule has 1 N–H and O–H groups in total. The van der Waals surface area contributed by atoms with E-state index in [1.54, 1.807) is 23.9 Å². The van der Waals surface area contributed by atoms with E-state index in [-0.39, 0.29) is 11.5 Å². The molecule has 0 radical (unpaired) electrons. The van der Waals surface area contributed by atoms with Crippen LogP contribution in [0.5, 0.6) is 0 Å². The van der Waals surface area contributed by atoms with Crippen LogP contribution in [0.4, 0.5) is 0 Å². The van der Waals surface area contributed by atoms with Crippen molar-refractivity contribution in [2.45, 2.75) is 20.8 Å². The van der Waals surface area contributed by atoms with E-state index in [1.165, 1.54) is 4.40 Å². The van der Waals surface area contributed by atoms with Crippen molar-refractivity contribution in [3.05, 3.63) is 46.0 Å². The quantitative estimate of drug-likeness (QED) is 0.728. The molecule has 3 heterocycles. The molecule has 7 heteroatoms. The topological polar surface area (TPSA) is 71.6 Å². The third-order valence-electron chi connectivity index (χ3n) is 4.86. The zero-order chi connectivity index (χ0) is 18.8. The minimum absolute atomic E-state index is 0.161. The summed E-state index contributed by atoms with van der Waals surface area (Å²) in [5.74, 6) is -0.192. The molecule has 0 fully saturated rings. The number of fused-ring (bicyclic) bond motifs is 2. The number of carbonyl (C=O) groups excluding carboxylic acids is 1. The molecule has 0 aliphatic carbocycles. The van der Waals surface area contributed by atoms with Gasteiger partial charge < -0.3 is 14.8 Å². The Morgan fingerprint density at radius 1 is 1.27 bits per heavy atom. The summed E-state index contributed by atoms with van der Waals surface area (Å²) in [6.07, 6.45) is 1.70. The van der Waals surface area contributed by atoms with Crippen molar-refractivity contribution >= 4 is 22.6 Å². The molecule has 0 aliphatic heterocycles. The monoisotopic (exact) mass is 355 g/mol. The summed E-state index contributed by atoms with van der Waals surface area (Å²) in [4.78, 5) is 32.2. The highest BCUT2D eigenvalue weighted by Gasteiger charge is 2.18. The first kappa shape index (κ1) is 18.1. The number of nitrogens with zero attached hydrogens (tertiary/aromatic N) is 4. The highest BCUT2D eigenvalue weighted by atomic mass is 16.2. The standard InChI is InChI=1S/C19H25N5O2/c1-5-23(6-2)11-9-20-18(25)15-12-14-17(22(15)4)21-16-13(3)8-7-10-24(16)19(14)26/h7-8,10,12H,5-6,9,11H2,1-4H3,(H,20,25). The van der Waals surface area contributed by atoms with Crippen molar-refractivity contribution in [3.8, 4) is 0 Å². The summed E-state index contributed by atoms with van der Waals surface area (Å²) in [5.41, 5.74) is 2.33. The number of hydrogen-bond acceptors (Lipinski definition) is 4. The van der Waals surface area contributed by atoms with Gasteiger partial charge in [-0.3, -0.25) is 14.0 Å². The summed E-state index contributed by atoms with van der Waals surface area (Å²) in [5, 5.41) is 3.38. The van der Waals surface area contributed by atoms with Gasteiger partial charge in [-0.05, 0) is 37.7 Å². The lowest BCUT2D eigenvalue weighted by atomic mass is 10.3. The summed E-state index contributed by atoms with van der Waals surface area (Å²) in [7, 11) is 1.77. The van der Waals surface area contributed by atoms with Crippen LogP contribution in [0, 0.1) is 6.92 Å². The van der Waals surface area contributed by atoms with Crippen LogP contribution in [0.1, 0.15) is 29.9 Å². The molecular weight excluding hydrogens is 330 g/mol. The SMILES string of the molecule is CCN(CC)CCNC(=O)c1cc2c(=O)n3cccc(C)c3nc2n1C. The zero-order valence-corrected chi connectivity index (χ0v) is 15.7. The van der Waals surface area contributed by atoms with Gasteiger partial charge in [0.2, 0.25) is 0 Å². The van der Waals surface area contributed by atoms with Crippen LogP contribution in [-0.2, 0) is 7.05 Å². The predicted octanol–water partition coefficient (Wildman–Crippen LogP) is 1.57. The summed E-state index contributed by atoms with van der Waals surface area (Å²) in [6, 6.07) is 5.37. The molecule has 138 valence electrons. The predicted molar refractivity (Wildman–Crippen MR) is 103 cm³/mol. The second-order valence-electron chi connectivity index (χ2n) is 6.41. The van der Waals surface area contributed by atoms with Crippen molar-refractivity contribution in [2.75, 3.05) is 26.2 Å². The highest BCUT2D eigenvalue weighted by Crippen LogP contribution is 2.16. The van der Waals surface area contributed by atoms with Crippen LogP contribution >= 0.6 is 0 Å². The number of rotatable bonds is 6. The fourth-order valence-electron chi connectivity index (χ4n) is 3.21. The maximum absolute atomic E-state index is 12.8. The number of amides is 1. The average molecular weight is 355 g/mol. The largest absolute Gasteiger partial charge is 0.349 e. The van der Waals surface area contributed by atoms with Gasteiger partial charge in [0.25, 0.3) is 11.5 Å². The number of carbonyl (C=O) groups is 1. The van der Waals surface area contributed by atoms with Crippen molar-refractivity contribution in [3.63, 3.8) is 0 Å². The lowest BCUT2D eigenvalue weighted by molar-refractivity contribution is 0.0941. The van der Waals surface area contributed by atoms with E-state index >= 15 is 0 Å². The smallest absolute Gasteiger partial charge is 0.268 e. The van der Waals surface area contributed by atoms with E-state index in [2.05, 4.69) is 29.0 Å². The third-order valence-corrected chi connectivity index (χ3v) is 4.86. The molecule has 3 rings (SSSR count). The lowest BCUT2D eigenvalue weighted by Crippen LogP contribution is -2.35. The molecular formula is C19H25N5O2. The van der Waals surface area contributed by atoms with E-state index in [9.17, 15) is 9.59 Å². The van der Waals surface area contributed by atoms with Crippen molar-refractivity contribution in [1.29, 1.82) is 0 Å². The Balaban J connectivity index is 1.95. The van der Waals surface area contributed by atoms with Crippen LogP contribution in [0.15, 0.2) is 29.2 Å². The van der Waals surface area contributed by atoms with Gasteiger partial charge in [0.15, 0.2) is 0 Å².